The molecule has 2 fully saturated rings. The first-order chi connectivity index (χ1) is 10.2. The van der Waals surface area contributed by atoms with Crippen LogP contribution in [0, 0.1) is 5.92 Å². The maximum atomic E-state index is 6.48. The highest BCUT2D eigenvalue weighted by molar-refractivity contribution is 5.15. The third kappa shape index (κ3) is 4.31. The summed E-state index contributed by atoms with van der Waals surface area (Å²) in [6.07, 6.45) is 10.4. The number of nitrogens with zero attached hydrogens (tertiary/aromatic N) is 1. The standard InChI is InChI=1S/C19H30N2/c20-19(10-4-5-11-19)12-15-21-13-8-18(9-14-21)16-17-6-2-1-3-7-17/h1-3,6-7,18H,4-5,8-16,20H2. The summed E-state index contributed by atoms with van der Waals surface area (Å²) >= 11 is 0. The third-order valence-corrected chi connectivity index (χ3v) is 5.60. The van der Waals surface area contributed by atoms with Crippen molar-refractivity contribution >= 4 is 0 Å². The Morgan fingerprint density at radius 3 is 2.38 bits per heavy atom. The van der Waals surface area contributed by atoms with E-state index in [9.17, 15) is 0 Å². The van der Waals surface area contributed by atoms with Crippen LogP contribution in [0.4, 0.5) is 0 Å². The van der Waals surface area contributed by atoms with Gasteiger partial charge in [0.25, 0.3) is 0 Å². The van der Waals surface area contributed by atoms with Crippen molar-refractivity contribution in [3.8, 4) is 0 Å². The number of nitrogens with two attached hydrogens (primary N) is 1. The summed E-state index contributed by atoms with van der Waals surface area (Å²) in [6.45, 7) is 3.76. The number of benzene rings is 1. The fraction of sp³-hybridized carbons (Fsp3) is 0.684. The molecule has 1 saturated carbocycles. The quantitative estimate of drug-likeness (QED) is 0.896. The lowest BCUT2D eigenvalue weighted by molar-refractivity contribution is 0.168. The molecule has 0 aromatic heterocycles. The zero-order valence-corrected chi connectivity index (χ0v) is 13.3. The third-order valence-electron chi connectivity index (χ3n) is 5.60. The van der Waals surface area contributed by atoms with E-state index in [1.54, 1.807) is 0 Å². The Labute approximate surface area is 129 Å². The average Bonchev–Trinajstić information content (AvgIpc) is 2.95. The topological polar surface area (TPSA) is 29.3 Å². The van der Waals surface area contributed by atoms with Gasteiger partial charge in [0.1, 0.15) is 0 Å². The molecule has 2 aliphatic rings. The van der Waals surface area contributed by atoms with Gasteiger partial charge < -0.3 is 10.6 Å². The highest BCUT2D eigenvalue weighted by Gasteiger charge is 2.30. The van der Waals surface area contributed by atoms with Gasteiger partial charge in [0.05, 0.1) is 0 Å². The summed E-state index contributed by atoms with van der Waals surface area (Å²) in [5.74, 6) is 0.877. The van der Waals surface area contributed by atoms with E-state index in [0.717, 1.165) is 5.92 Å². The van der Waals surface area contributed by atoms with Crippen LogP contribution in [0.2, 0.25) is 0 Å². The second kappa shape index (κ2) is 6.93. The number of hydrogen-bond donors (Lipinski definition) is 1. The number of hydrogen-bond acceptors (Lipinski definition) is 2. The van der Waals surface area contributed by atoms with Gasteiger partial charge in [-0.3, -0.25) is 0 Å². The molecule has 0 unspecified atom stereocenters. The minimum atomic E-state index is 0.168. The van der Waals surface area contributed by atoms with Crippen molar-refractivity contribution < 1.29 is 0 Å². The molecule has 2 N–H and O–H groups in total. The van der Waals surface area contributed by atoms with E-state index in [1.807, 2.05) is 0 Å². The first kappa shape index (κ1) is 15.1. The second-order valence-corrected chi connectivity index (χ2v) is 7.29. The number of piperidine rings is 1. The Morgan fingerprint density at radius 1 is 1.05 bits per heavy atom. The SMILES string of the molecule is NC1(CCN2CCC(Cc3ccccc3)CC2)CCCC1. The molecular formula is C19H30N2. The highest BCUT2D eigenvalue weighted by Crippen LogP contribution is 2.31. The molecule has 1 aliphatic heterocycles. The van der Waals surface area contributed by atoms with Gasteiger partial charge in [-0.05, 0) is 69.6 Å². The average molecular weight is 286 g/mol. The van der Waals surface area contributed by atoms with Crippen molar-refractivity contribution in [2.24, 2.45) is 11.7 Å². The molecule has 0 bridgehead atoms. The van der Waals surface area contributed by atoms with Crippen LogP contribution in [0.25, 0.3) is 0 Å². The van der Waals surface area contributed by atoms with Gasteiger partial charge >= 0.3 is 0 Å². The zero-order chi connectivity index (χ0) is 14.5. The van der Waals surface area contributed by atoms with E-state index in [4.69, 9.17) is 5.73 Å². The van der Waals surface area contributed by atoms with Crippen molar-refractivity contribution in [2.75, 3.05) is 19.6 Å². The Bertz CT molecular complexity index is 414. The Morgan fingerprint density at radius 2 is 1.71 bits per heavy atom. The van der Waals surface area contributed by atoms with Gasteiger partial charge in [0.15, 0.2) is 0 Å². The molecule has 1 aromatic carbocycles. The lowest BCUT2D eigenvalue weighted by Gasteiger charge is -2.34. The van der Waals surface area contributed by atoms with Crippen LogP contribution in [0.1, 0.15) is 50.5 Å². The second-order valence-electron chi connectivity index (χ2n) is 7.29. The first-order valence-electron chi connectivity index (χ1n) is 8.79. The lowest BCUT2D eigenvalue weighted by Crippen LogP contribution is -2.42. The van der Waals surface area contributed by atoms with Crippen LogP contribution >= 0.6 is 0 Å². The molecule has 0 amide bonds. The van der Waals surface area contributed by atoms with E-state index in [2.05, 4.69) is 35.2 Å². The number of likely N-dealkylation sites (tertiary alicyclic amines) is 1. The van der Waals surface area contributed by atoms with Crippen molar-refractivity contribution in [3.05, 3.63) is 35.9 Å². The fourth-order valence-electron chi connectivity index (χ4n) is 4.07. The lowest BCUT2D eigenvalue weighted by atomic mass is 9.89. The molecule has 3 rings (SSSR count). The van der Waals surface area contributed by atoms with Crippen LogP contribution < -0.4 is 5.73 Å². The summed E-state index contributed by atoms with van der Waals surface area (Å²) in [5.41, 5.74) is 8.15. The molecule has 2 heteroatoms. The fourth-order valence-corrected chi connectivity index (χ4v) is 4.07. The normalized spacial score (nSPS) is 23.5. The van der Waals surface area contributed by atoms with Gasteiger partial charge in [0.2, 0.25) is 0 Å². The van der Waals surface area contributed by atoms with Crippen LogP contribution in [-0.4, -0.2) is 30.1 Å². The minimum absolute atomic E-state index is 0.168. The zero-order valence-electron chi connectivity index (χ0n) is 13.3. The van der Waals surface area contributed by atoms with Crippen LogP contribution in [0.5, 0.6) is 0 Å². The van der Waals surface area contributed by atoms with Gasteiger partial charge in [-0.2, -0.15) is 0 Å². The smallest absolute Gasteiger partial charge is 0.0166 e. The molecule has 1 aliphatic carbocycles. The predicted molar refractivity (Wildman–Crippen MR) is 89.3 cm³/mol. The van der Waals surface area contributed by atoms with Crippen molar-refractivity contribution in [3.63, 3.8) is 0 Å². The molecular weight excluding hydrogens is 256 g/mol. The van der Waals surface area contributed by atoms with E-state index in [0.29, 0.717) is 0 Å². The number of rotatable bonds is 5. The Hall–Kier alpha value is -0.860. The highest BCUT2D eigenvalue weighted by atomic mass is 15.1. The van der Waals surface area contributed by atoms with Crippen LogP contribution in [0.3, 0.4) is 0 Å². The summed E-state index contributed by atoms with van der Waals surface area (Å²) in [7, 11) is 0. The summed E-state index contributed by atoms with van der Waals surface area (Å²) < 4.78 is 0. The summed E-state index contributed by atoms with van der Waals surface area (Å²) in [4.78, 5) is 2.65. The van der Waals surface area contributed by atoms with Gasteiger partial charge in [0, 0.05) is 5.54 Å². The minimum Gasteiger partial charge on any atom is -0.325 e. The molecule has 1 aromatic rings. The first-order valence-corrected chi connectivity index (χ1v) is 8.79. The van der Waals surface area contributed by atoms with E-state index in [-0.39, 0.29) is 5.54 Å². The van der Waals surface area contributed by atoms with Gasteiger partial charge in [-0.15, -0.1) is 0 Å². The van der Waals surface area contributed by atoms with E-state index >= 15 is 0 Å². The maximum absolute atomic E-state index is 6.48. The van der Waals surface area contributed by atoms with Gasteiger partial charge in [-0.1, -0.05) is 43.2 Å². The van der Waals surface area contributed by atoms with E-state index in [1.165, 1.54) is 76.6 Å². The molecule has 1 saturated heterocycles. The summed E-state index contributed by atoms with van der Waals surface area (Å²) in [6, 6.07) is 11.0. The van der Waals surface area contributed by atoms with Crippen LogP contribution in [0.15, 0.2) is 30.3 Å². The molecule has 0 radical (unpaired) electrons. The Balaban J connectivity index is 1.39. The summed E-state index contributed by atoms with van der Waals surface area (Å²) in [5, 5.41) is 0. The molecule has 0 atom stereocenters. The van der Waals surface area contributed by atoms with Crippen molar-refractivity contribution in [1.29, 1.82) is 0 Å². The molecule has 0 spiro atoms. The largest absolute Gasteiger partial charge is 0.325 e. The van der Waals surface area contributed by atoms with Crippen LogP contribution in [-0.2, 0) is 6.42 Å². The predicted octanol–water partition coefficient (Wildman–Crippen LogP) is 3.60. The maximum Gasteiger partial charge on any atom is 0.0166 e. The monoisotopic (exact) mass is 286 g/mol. The molecule has 116 valence electrons. The molecule has 2 nitrogen and oxygen atoms in total. The van der Waals surface area contributed by atoms with Crippen molar-refractivity contribution in [1.82, 2.24) is 4.90 Å². The van der Waals surface area contributed by atoms with E-state index < -0.39 is 0 Å². The van der Waals surface area contributed by atoms with Crippen molar-refractivity contribution in [2.45, 2.75) is 56.9 Å². The molecule has 21 heavy (non-hydrogen) atoms. The molecule has 1 heterocycles. The Kier molecular flexibility index (Phi) is 4.97. The van der Waals surface area contributed by atoms with Gasteiger partial charge in [-0.25, -0.2) is 0 Å².